The van der Waals surface area contributed by atoms with Gasteiger partial charge in [0, 0.05) is 55.6 Å². The van der Waals surface area contributed by atoms with Crippen LogP contribution in [0, 0.1) is 0 Å². The molecule has 3 heterocycles. The van der Waals surface area contributed by atoms with Gasteiger partial charge < -0.3 is 20.9 Å². The summed E-state index contributed by atoms with van der Waals surface area (Å²) in [5.41, 5.74) is 1.45. The van der Waals surface area contributed by atoms with Crippen molar-refractivity contribution in [3.05, 3.63) is 51.7 Å². The molecule has 0 atom stereocenters. The van der Waals surface area contributed by atoms with Gasteiger partial charge in [-0.2, -0.15) is 0 Å². The smallest absolute Gasteiger partial charge is 0.317 e. The SMILES string of the molecule is CS(=O)(=O)c1cccc(NC2=NCc3cc(C(=O)NCCN4CCNC4=O)sc3/C=C\CC=N2)c1. The standard InChI is InChI=1S/C23H26N6O4S2/c1-35(32,33)18-6-4-5-17(14-18)28-22-25-8-3-2-7-19-16(15-27-22)13-20(34-19)21(30)24-9-11-29-12-10-26-23(29)31/h2,4-8,13-14H,3,9-12,15H2,1H3,(H,24,30)(H,26,31)(H,27,28)/b7-2-,25-8?. The van der Waals surface area contributed by atoms with Crippen LogP contribution in [-0.4, -0.2) is 69.9 Å². The Labute approximate surface area is 207 Å². The van der Waals surface area contributed by atoms with Crippen molar-refractivity contribution in [2.24, 2.45) is 9.98 Å². The first kappa shape index (κ1) is 24.6. The van der Waals surface area contributed by atoms with Gasteiger partial charge in [-0.3, -0.25) is 4.79 Å². The van der Waals surface area contributed by atoms with Crippen LogP contribution >= 0.6 is 11.3 Å². The summed E-state index contributed by atoms with van der Waals surface area (Å²) in [6.45, 7) is 2.39. The van der Waals surface area contributed by atoms with Crippen LogP contribution in [0.15, 0.2) is 51.3 Å². The highest BCUT2D eigenvalue weighted by molar-refractivity contribution is 7.90. The zero-order chi connectivity index (χ0) is 24.8. The minimum Gasteiger partial charge on any atom is -0.350 e. The van der Waals surface area contributed by atoms with Crippen LogP contribution in [0.1, 0.15) is 26.5 Å². The second-order valence-corrected chi connectivity index (χ2v) is 11.1. The zero-order valence-electron chi connectivity index (χ0n) is 19.2. The zero-order valence-corrected chi connectivity index (χ0v) is 20.8. The van der Waals surface area contributed by atoms with Gasteiger partial charge in [-0.25, -0.2) is 23.2 Å². The number of nitrogens with zero attached hydrogens (tertiary/aromatic N) is 3. The average molecular weight is 515 g/mol. The van der Waals surface area contributed by atoms with Crippen molar-refractivity contribution in [3.8, 4) is 0 Å². The van der Waals surface area contributed by atoms with Crippen molar-refractivity contribution in [1.29, 1.82) is 0 Å². The van der Waals surface area contributed by atoms with Crippen LogP contribution in [-0.2, 0) is 16.4 Å². The highest BCUT2D eigenvalue weighted by Gasteiger charge is 2.19. The summed E-state index contributed by atoms with van der Waals surface area (Å²) >= 11 is 1.38. The molecule has 0 unspecified atom stereocenters. The molecular weight excluding hydrogens is 488 g/mol. The van der Waals surface area contributed by atoms with E-state index in [-0.39, 0.29) is 16.8 Å². The molecule has 1 saturated heterocycles. The van der Waals surface area contributed by atoms with Crippen molar-refractivity contribution in [2.75, 3.05) is 37.8 Å². The van der Waals surface area contributed by atoms with E-state index >= 15 is 0 Å². The molecule has 1 aromatic carbocycles. The van der Waals surface area contributed by atoms with E-state index in [1.54, 1.807) is 23.2 Å². The maximum absolute atomic E-state index is 12.7. The second kappa shape index (κ2) is 10.8. The number of carbonyl (C=O) groups is 2. The van der Waals surface area contributed by atoms with Crippen molar-refractivity contribution >= 4 is 57.0 Å². The fourth-order valence-corrected chi connectivity index (χ4v) is 5.21. The van der Waals surface area contributed by atoms with Gasteiger partial charge in [-0.1, -0.05) is 12.1 Å². The first-order valence-corrected chi connectivity index (χ1v) is 13.7. The normalized spacial score (nSPS) is 16.8. The maximum atomic E-state index is 12.7. The molecule has 0 spiro atoms. The second-order valence-electron chi connectivity index (χ2n) is 7.99. The Bertz CT molecular complexity index is 1310. The number of benzene rings is 1. The van der Waals surface area contributed by atoms with E-state index in [0.717, 1.165) is 16.7 Å². The summed E-state index contributed by atoms with van der Waals surface area (Å²) in [5.74, 6) is 0.152. The number of urea groups is 1. The number of anilines is 1. The van der Waals surface area contributed by atoms with Crippen LogP contribution in [0.4, 0.5) is 10.5 Å². The lowest BCUT2D eigenvalue weighted by Crippen LogP contribution is -2.36. The van der Waals surface area contributed by atoms with Crippen LogP contribution in [0.5, 0.6) is 0 Å². The van der Waals surface area contributed by atoms with E-state index in [1.807, 2.05) is 18.2 Å². The molecule has 0 bridgehead atoms. The Morgan fingerprint density at radius 2 is 2.14 bits per heavy atom. The van der Waals surface area contributed by atoms with Gasteiger partial charge in [-0.05, 0) is 35.9 Å². The summed E-state index contributed by atoms with van der Waals surface area (Å²) in [7, 11) is -3.34. The minimum absolute atomic E-state index is 0.108. The van der Waals surface area contributed by atoms with Crippen LogP contribution in [0.25, 0.3) is 6.08 Å². The van der Waals surface area contributed by atoms with E-state index in [2.05, 4.69) is 25.9 Å². The minimum atomic E-state index is -3.34. The monoisotopic (exact) mass is 514 g/mol. The number of carbonyl (C=O) groups excluding carboxylic acids is 2. The summed E-state index contributed by atoms with van der Waals surface area (Å²) in [6, 6.07) is 8.19. The number of amides is 3. The highest BCUT2D eigenvalue weighted by Crippen LogP contribution is 2.26. The molecule has 10 nitrogen and oxygen atoms in total. The topological polar surface area (TPSA) is 132 Å². The predicted molar refractivity (Wildman–Crippen MR) is 138 cm³/mol. The van der Waals surface area contributed by atoms with Gasteiger partial charge in [0.2, 0.25) is 5.96 Å². The number of allylic oxidation sites excluding steroid dienone is 1. The van der Waals surface area contributed by atoms with Gasteiger partial charge in [0.1, 0.15) is 0 Å². The van der Waals surface area contributed by atoms with E-state index in [4.69, 9.17) is 0 Å². The van der Waals surface area contributed by atoms with E-state index in [1.165, 1.54) is 23.5 Å². The van der Waals surface area contributed by atoms with Gasteiger partial charge >= 0.3 is 6.03 Å². The molecule has 3 N–H and O–H groups in total. The summed E-state index contributed by atoms with van der Waals surface area (Å²) in [6.07, 6.45) is 7.36. The number of nitrogens with one attached hydrogen (secondary N) is 3. The number of guanidine groups is 1. The third-order valence-electron chi connectivity index (χ3n) is 5.32. The molecule has 2 aliphatic rings. The number of fused-ring (bicyclic) bond motifs is 1. The number of rotatable bonds is 6. The van der Waals surface area contributed by atoms with E-state index in [9.17, 15) is 18.0 Å². The Hall–Kier alpha value is -3.51. The lowest BCUT2D eigenvalue weighted by Gasteiger charge is -2.13. The molecule has 4 rings (SSSR count). The first-order chi connectivity index (χ1) is 16.8. The number of aliphatic imine (C=N–C) groups is 2. The first-order valence-electron chi connectivity index (χ1n) is 11.0. The Morgan fingerprint density at radius 1 is 1.29 bits per heavy atom. The molecule has 3 amide bonds. The molecule has 0 radical (unpaired) electrons. The van der Waals surface area contributed by atoms with Crippen LogP contribution in [0.3, 0.4) is 0 Å². The number of sulfone groups is 1. The Balaban J connectivity index is 1.45. The number of hydrogen-bond acceptors (Lipinski definition) is 8. The average Bonchev–Trinajstić information content (AvgIpc) is 3.43. The molecule has 2 aromatic rings. The maximum Gasteiger partial charge on any atom is 0.317 e. The molecule has 12 heteroatoms. The summed E-state index contributed by atoms with van der Waals surface area (Å²) in [4.78, 5) is 36.6. The fourth-order valence-electron chi connectivity index (χ4n) is 3.52. The van der Waals surface area contributed by atoms with Crippen molar-refractivity contribution in [1.82, 2.24) is 15.5 Å². The summed E-state index contributed by atoms with van der Waals surface area (Å²) < 4.78 is 23.7. The van der Waals surface area contributed by atoms with Crippen LogP contribution < -0.4 is 16.0 Å². The van der Waals surface area contributed by atoms with Gasteiger partial charge in [0.25, 0.3) is 5.91 Å². The molecular formula is C23H26N6O4S2. The molecule has 1 fully saturated rings. The molecule has 35 heavy (non-hydrogen) atoms. The lowest BCUT2D eigenvalue weighted by atomic mass is 10.2. The molecule has 2 aliphatic heterocycles. The van der Waals surface area contributed by atoms with Gasteiger partial charge in [0.05, 0.1) is 16.3 Å². The molecule has 1 aromatic heterocycles. The van der Waals surface area contributed by atoms with E-state index < -0.39 is 9.84 Å². The molecule has 0 aliphatic carbocycles. The van der Waals surface area contributed by atoms with Crippen molar-refractivity contribution in [3.63, 3.8) is 0 Å². The Kier molecular flexibility index (Phi) is 7.61. The predicted octanol–water partition coefficient (Wildman–Crippen LogP) is 2.36. The largest absolute Gasteiger partial charge is 0.350 e. The quantitative estimate of drug-likeness (QED) is 0.544. The Morgan fingerprint density at radius 3 is 2.91 bits per heavy atom. The molecule has 184 valence electrons. The van der Waals surface area contributed by atoms with Gasteiger partial charge in [-0.15, -0.1) is 11.3 Å². The van der Waals surface area contributed by atoms with Crippen LogP contribution in [0.2, 0.25) is 0 Å². The fraction of sp³-hybridized carbons (Fsp3) is 0.304. The lowest BCUT2D eigenvalue weighted by molar-refractivity contribution is 0.0954. The highest BCUT2D eigenvalue weighted by atomic mass is 32.2. The number of thiophene rings is 1. The number of hydrogen-bond donors (Lipinski definition) is 3. The van der Waals surface area contributed by atoms with E-state index in [0.29, 0.717) is 55.7 Å². The molecule has 0 saturated carbocycles. The third-order valence-corrected chi connectivity index (χ3v) is 7.57. The van der Waals surface area contributed by atoms with Crippen molar-refractivity contribution < 1.29 is 18.0 Å². The van der Waals surface area contributed by atoms with Gasteiger partial charge in [0.15, 0.2) is 9.84 Å². The third kappa shape index (κ3) is 6.55. The van der Waals surface area contributed by atoms with Crippen molar-refractivity contribution in [2.45, 2.75) is 17.9 Å². The summed E-state index contributed by atoms with van der Waals surface area (Å²) in [5, 5.41) is 8.69.